The SMILES string of the molecule is CCCCn1nc(NS(=O)(=O)CC)c2cc3cccc(C)c3nc21. The molecular formula is C17H22N4O2S. The van der Waals surface area contributed by atoms with Gasteiger partial charge in [-0.1, -0.05) is 31.5 Å². The minimum atomic E-state index is -3.39. The Morgan fingerprint density at radius 1 is 1.25 bits per heavy atom. The lowest BCUT2D eigenvalue weighted by atomic mass is 10.1. The van der Waals surface area contributed by atoms with Crippen molar-refractivity contribution in [3.05, 3.63) is 29.8 Å². The Labute approximate surface area is 141 Å². The quantitative estimate of drug-likeness (QED) is 0.741. The normalized spacial score (nSPS) is 12.1. The molecule has 0 fully saturated rings. The maximum atomic E-state index is 12.0. The number of anilines is 1. The fourth-order valence-electron chi connectivity index (χ4n) is 2.69. The highest BCUT2D eigenvalue weighted by Crippen LogP contribution is 2.28. The number of benzene rings is 1. The second kappa shape index (κ2) is 6.39. The number of aryl methyl sites for hydroxylation is 2. The maximum Gasteiger partial charge on any atom is 0.233 e. The van der Waals surface area contributed by atoms with Gasteiger partial charge in [-0.2, -0.15) is 5.10 Å². The molecule has 2 heterocycles. The Balaban J connectivity index is 2.24. The van der Waals surface area contributed by atoms with Crippen LogP contribution in [0.15, 0.2) is 24.3 Å². The number of aromatic nitrogens is 3. The van der Waals surface area contributed by atoms with Crippen LogP contribution in [0.25, 0.3) is 21.9 Å². The van der Waals surface area contributed by atoms with Crippen LogP contribution in [0.1, 0.15) is 32.3 Å². The summed E-state index contributed by atoms with van der Waals surface area (Å²) in [7, 11) is -3.39. The van der Waals surface area contributed by atoms with E-state index in [-0.39, 0.29) is 5.75 Å². The highest BCUT2D eigenvalue weighted by Gasteiger charge is 2.17. The first-order valence-electron chi connectivity index (χ1n) is 8.22. The second-order valence-corrected chi connectivity index (χ2v) is 7.95. The number of unbranched alkanes of at least 4 members (excludes halogenated alkanes) is 1. The highest BCUT2D eigenvalue weighted by atomic mass is 32.2. The molecule has 0 bridgehead atoms. The van der Waals surface area contributed by atoms with Crippen molar-refractivity contribution in [2.24, 2.45) is 0 Å². The zero-order valence-corrected chi connectivity index (χ0v) is 15.0. The lowest BCUT2D eigenvalue weighted by molar-refractivity contribution is 0.585. The summed E-state index contributed by atoms with van der Waals surface area (Å²) in [5.74, 6) is 0.370. The summed E-state index contributed by atoms with van der Waals surface area (Å²) in [5.41, 5.74) is 2.74. The standard InChI is InChI=1S/C17H22N4O2S/c1-4-6-10-21-17-14(16(19-21)20-24(22,23)5-2)11-13-9-7-8-12(3)15(13)18-17/h7-9,11H,4-6,10H2,1-3H3,(H,19,20). The molecule has 3 rings (SSSR count). The first kappa shape index (κ1) is 16.7. The van der Waals surface area contributed by atoms with Crippen molar-refractivity contribution in [1.82, 2.24) is 14.8 Å². The second-order valence-electron chi connectivity index (χ2n) is 5.94. The summed E-state index contributed by atoms with van der Waals surface area (Å²) in [5, 5.41) is 6.19. The van der Waals surface area contributed by atoms with Gasteiger partial charge in [-0.05, 0) is 31.9 Å². The molecule has 24 heavy (non-hydrogen) atoms. The van der Waals surface area contributed by atoms with Crippen molar-refractivity contribution in [2.75, 3.05) is 10.5 Å². The number of para-hydroxylation sites is 1. The van der Waals surface area contributed by atoms with E-state index in [1.165, 1.54) is 0 Å². The summed E-state index contributed by atoms with van der Waals surface area (Å²) in [6, 6.07) is 7.95. The average Bonchev–Trinajstić information content (AvgIpc) is 2.88. The van der Waals surface area contributed by atoms with Crippen LogP contribution in [-0.4, -0.2) is 28.9 Å². The number of hydrogen-bond acceptors (Lipinski definition) is 4. The number of rotatable bonds is 6. The zero-order chi connectivity index (χ0) is 17.3. The monoisotopic (exact) mass is 346 g/mol. The van der Waals surface area contributed by atoms with E-state index >= 15 is 0 Å². The van der Waals surface area contributed by atoms with Gasteiger partial charge in [-0.3, -0.25) is 4.72 Å². The van der Waals surface area contributed by atoms with Crippen molar-refractivity contribution in [1.29, 1.82) is 0 Å². The molecule has 1 aromatic carbocycles. The molecule has 0 aliphatic carbocycles. The van der Waals surface area contributed by atoms with Gasteiger partial charge in [-0.15, -0.1) is 0 Å². The number of nitrogens with zero attached hydrogens (tertiary/aromatic N) is 3. The molecule has 0 spiro atoms. The van der Waals surface area contributed by atoms with Gasteiger partial charge in [0.1, 0.15) is 0 Å². The molecule has 0 aliphatic heterocycles. The van der Waals surface area contributed by atoms with E-state index in [9.17, 15) is 8.42 Å². The van der Waals surface area contributed by atoms with E-state index < -0.39 is 10.0 Å². The molecule has 7 heteroatoms. The Hall–Kier alpha value is -2.15. The van der Waals surface area contributed by atoms with Gasteiger partial charge >= 0.3 is 0 Å². The third-order valence-electron chi connectivity index (χ3n) is 4.10. The van der Waals surface area contributed by atoms with E-state index in [0.29, 0.717) is 12.4 Å². The summed E-state index contributed by atoms with van der Waals surface area (Å²) < 4.78 is 28.3. The van der Waals surface area contributed by atoms with Crippen LogP contribution < -0.4 is 4.72 Å². The Bertz CT molecular complexity index is 993. The maximum absolute atomic E-state index is 12.0. The van der Waals surface area contributed by atoms with Crippen LogP contribution in [-0.2, 0) is 16.6 Å². The van der Waals surface area contributed by atoms with Crippen molar-refractivity contribution < 1.29 is 8.42 Å². The largest absolute Gasteiger partial charge is 0.265 e. The van der Waals surface area contributed by atoms with Gasteiger partial charge in [0.25, 0.3) is 0 Å². The van der Waals surface area contributed by atoms with Gasteiger partial charge < -0.3 is 0 Å². The lowest BCUT2D eigenvalue weighted by Crippen LogP contribution is -2.15. The number of sulfonamides is 1. The molecule has 128 valence electrons. The number of fused-ring (bicyclic) bond motifs is 2. The molecule has 0 radical (unpaired) electrons. The van der Waals surface area contributed by atoms with Crippen molar-refractivity contribution in [2.45, 2.75) is 40.2 Å². The Morgan fingerprint density at radius 3 is 2.75 bits per heavy atom. The molecule has 0 saturated carbocycles. The average molecular weight is 346 g/mol. The molecule has 0 unspecified atom stereocenters. The topological polar surface area (TPSA) is 76.9 Å². The van der Waals surface area contributed by atoms with E-state index in [1.807, 2.05) is 31.2 Å². The third-order valence-corrected chi connectivity index (χ3v) is 5.37. The summed E-state index contributed by atoms with van der Waals surface area (Å²) in [6.45, 7) is 6.45. The van der Waals surface area contributed by atoms with Crippen molar-refractivity contribution >= 4 is 37.8 Å². The van der Waals surface area contributed by atoms with Crippen LogP contribution >= 0.6 is 0 Å². The summed E-state index contributed by atoms with van der Waals surface area (Å²) >= 11 is 0. The predicted molar refractivity (Wildman–Crippen MR) is 97.8 cm³/mol. The molecule has 1 N–H and O–H groups in total. The summed E-state index contributed by atoms with van der Waals surface area (Å²) in [4.78, 5) is 4.77. The highest BCUT2D eigenvalue weighted by molar-refractivity contribution is 7.92. The van der Waals surface area contributed by atoms with E-state index in [4.69, 9.17) is 4.98 Å². The molecule has 3 aromatic rings. The molecule has 2 aromatic heterocycles. The van der Waals surface area contributed by atoms with Crippen LogP contribution in [0.4, 0.5) is 5.82 Å². The molecule has 6 nitrogen and oxygen atoms in total. The van der Waals surface area contributed by atoms with Gasteiger partial charge in [-0.25, -0.2) is 18.1 Å². The van der Waals surface area contributed by atoms with Gasteiger partial charge in [0.2, 0.25) is 10.0 Å². The van der Waals surface area contributed by atoms with Crippen LogP contribution in [0.2, 0.25) is 0 Å². The zero-order valence-electron chi connectivity index (χ0n) is 14.2. The Morgan fingerprint density at radius 2 is 2.04 bits per heavy atom. The number of pyridine rings is 1. The first-order chi connectivity index (χ1) is 11.4. The number of hydrogen-bond donors (Lipinski definition) is 1. The van der Waals surface area contributed by atoms with Crippen LogP contribution in [0, 0.1) is 6.92 Å². The van der Waals surface area contributed by atoms with Gasteiger partial charge in [0.15, 0.2) is 11.5 Å². The minimum absolute atomic E-state index is 0.0103. The molecule has 0 atom stereocenters. The van der Waals surface area contributed by atoms with Crippen molar-refractivity contribution in [3.8, 4) is 0 Å². The molecule has 0 amide bonds. The van der Waals surface area contributed by atoms with Crippen LogP contribution in [0.5, 0.6) is 0 Å². The fraction of sp³-hybridized carbons (Fsp3) is 0.412. The lowest BCUT2D eigenvalue weighted by Gasteiger charge is -2.04. The van der Waals surface area contributed by atoms with E-state index in [2.05, 4.69) is 16.7 Å². The van der Waals surface area contributed by atoms with Gasteiger partial charge in [0.05, 0.1) is 16.7 Å². The minimum Gasteiger partial charge on any atom is -0.265 e. The first-order valence-corrected chi connectivity index (χ1v) is 9.87. The molecule has 0 saturated heterocycles. The van der Waals surface area contributed by atoms with E-state index in [1.54, 1.807) is 11.6 Å². The molecular weight excluding hydrogens is 324 g/mol. The smallest absolute Gasteiger partial charge is 0.233 e. The summed E-state index contributed by atoms with van der Waals surface area (Å²) in [6.07, 6.45) is 1.99. The fourth-order valence-corrected chi connectivity index (χ4v) is 3.28. The Kier molecular flexibility index (Phi) is 4.45. The predicted octanol–water partition coefficient (Wildman–Crippen LogP) is 3.45. The van der Waals surface area contributed by atoms with Crippen LogP contribution in [0.3, 0.4) is 0 Å². The third kappa shape index (κ3) is 3.08. The number of nitrogens with one attached hydrogen (secondary N) is 1. The van der Waals surface area contributed by atoms with Crippen molar-refractivity contribution in [3.63, 3.8) is 0 Å². The van der Waals surface area contributed by atoms with Gasteiger partial charge in [0, 0.05) is 11.9 Å². The molecule has 0 aliphatic rings. The van der Waals surface area contributed by atoms with E-state index in [0.717, 1.165) is 40.3 Å².